The van der Waals surface area contributed by atoms with E-state index in [-0.39, 0.29) is 12.1 Å². The van der Waals surface area contributed by atoms with E-state index < -0.39 is 0 Å². The molecule has 1 rings (SSSR count). The number of rotatable bonds is 5. The summed E-state index contributed by atoms with van der Waals surface area (Å²) < 4.78 is 10.5. The Morgan fingerprint density at radius 1 is 1.33 bits per heavy atom. The Morgan fingerprint density at radius 3 is 2.60 bits per heavy atom. The second-order valence-electron chi connectivity index (χ2n) is 3.28. The maximum Gasteiger partial charge on any atom is 0.305 e. The molecule has 3 nitrogen and oxygen atoms in total. The molecule has 15 heavy (non-hydrogen) atoms. The van der Waals surface area contributed by atoms with Crippen LogP contribution in [0.1, 0.15) is 20.3 Å². The molecule has 3 heteroatoms. The summed E-state index contributed by atoms with van der Waals surface area (Å²) in [7, 11) is 0. The minimum Gasteiger partial charge on any atom is -0.490 e. The lowest BCUT2D eigenvalue weighted by molar-refractivity contribution is -0.149. The second-order valence-corrected chi connectivity index (χ2v) is 3.28. The van der Waals surface area contributed by atoms with Gasteiger partial charge >= 0.3 is 5.97 Å². The van der Waals surface area contributed by atoms with Crippen LogP contribution in [0.15, 0.2) is 30.3 Å². The normalized spacial score (nSPS) is 11.9. The van der Waals surface area contributed by atoms with Crippen molar-refractivity contribution in [2.75, 3.05) is 6.61 Å². The van der Waals surface area contributed by atoms with E-state index in [1.54, 1.807) is 6.92 Å². The van der Waals surface area contributed by atoms with E-state index in [2.05, 4.69) is 0 Å². The maximum absolute atomic E-state index is 11.0. The van der Waals surface area contributed by atoms with E-state index in [0.29, 0.717) is 13.0 Å². The lowest BCUT2D eigenvalue weighted by Crippen LogP contribution is -2.21. The smallest absolute Gasteiger partial charge is 0.305 e. The number of esters is 1. The van der Waals surface area contributed by atoms with Crippen LogP contribution in [0.5, 0.6) is 5.75 Å². The topological polar surface area (TPSA) is 35.5 Å². The molecule has 1 unspecified atom stereocenters. The van der Waals surface area contributed by atoms with Crippen molar-refractivity contribution in [2.45, 2.75) is 26.4 Å². The van der Waals surface area contributed by atoms with Crippen molar-refractivity contribution in [3.05, 3.63) is 30.3 Å². The fourth-order valence-electron chi connectivity index (χ4n) is 1.07. The van der Waals surface area contributed by atoms with Gasteiger partial charge in [-0.25, -0.2) is 0 Å². The number of para-hydroxylation sites is 1. The summed E-state index contributed by atoms with van der Waals surface area (Å²) in [5.41, 5.74) is 0. The van der Waals surface area contributed by atoms with E-state index in [1.165, 1.54) is 0 Å². The summed E-state index contributed by atoms with van der Waals surface area (Å²) in [6.07, 6.45) is 0.188. The summed E-state index contributed by atoms with van der Waals surface area (Å²) in [6, 6.07) is 9.46. The summed E-state index contributed by atoms with van der Waals surface area (Å²) in [5.74, 6) is 0.594. The summed E-state index contributed by atoms with van der Waals surface area (Å²) in [4.78, 5) is 11.0. The first-order chi connectivity index (χ1) is 7.22. The standard InChI is InChI=1S/C12H16O3/c1-3-12(13)15-10(2)9-14-11-7-5-4-6-8-11/h4-8,10H,3,9H2,1-2H3. The van der Waals surface area contributed by atoms with Crippen molar-refractivity contribution in [2.24, 2.45) is 0 Å². The Balaban J connectivity index is 2.28. The van der Waals surface area contributed by atoms with E-state index in [1.807, 2.05) is 37.3 Å². The van der Waals surface area contributed by atoms with Crippen LogP contribution in [0.4, 0.5) is 0 Å². The third kappa shape index (κ3) is 4.49. The van der Waals surface area contributed by atoms with Crippen LogP contribution in [0.3, 0.4) is 0 Å². The molecule has 1 aromatic carbocycles. The summed E-state index contributed by atoms with van der Waals surface area (Å²) in [6.45, 7) is 3.97. The molecule has 0 N–H and O–H groups in total. The van der Waals surface area contributed by atoms with Gasteiger partial charge in [0, 0.05) is 6.42 Å². The molecule has 0 aliphatic carbocycles. The fraction of sp³-hybridized carbons (Fsp3) is 0.417. The van der Waals surface area contributed by atoms with Gasteiger partial charge in [-0.1, -0.05) is 25.1 Å². The number of carbonyl (C=O) groups excluding carboxylic acids is 1. The SMILES string of the molecule is CCC(=O)OC(C)COc1ccccc1. The summed E-state index contributed by atoms with van der Waals surface area (Å²) >= 11 is 0. The highest BCUT2D eigenvalue weighted by Crippen LogP contribution is 2.09. The molecule has 0 aromatic heterocycles. The largest absolute Gasteiger partial charge is 0.490 e. The fourth-order valence-corrected chi connectivity index (χ4v) is 1.07. The predicted octanol–water partition coefficient (Wildman–Crippen LogP) is 2.41. The molecule has 0 saturated heterocycles. The number of hydrogen-bond acceptors (Lipinski definition) is 3. The van der Waals surface area contributed by atoms with Gasteiger partial charge in [-0.15, -0.1) is 0 Å². The van der Waals surface area contributed by atoms with E-state index in [0.717, 1.165) is 5.75 Å². The third-order valence-corrected chi connectivity index (χ3v) is 1.85. The first kappa shape index (κ1) is 11.6. The highest BCUT2D eigenvalue weighted by Gasteiger charge is 2.07. The zero-order valence-corrected chi connectivity index (χ0v) is 9.10. The average molecular weight is 208 g/mol. The molecule has 0 aliphatic rings. The molecule has 0 amide bonds. The Kier molecular flexibility index (Phi) is 4.68. The van der Waals surface area contributed by atoms with Gasteiger partial charge in [-0.05, 0) is 19.1 Å². The minimum atomic E-state index is -0.211. The van der Waals surface area contributed by atoms with Crippen LogP contribution >= 0.6 is 0 Å². The van der Waals surface area contributed by atoms with Gasteiger partial charge in [-0.3, -0.25) is 4.79 Å². The van der Waals surface area contributed by atoms with Crippen molar-refractivity contribution in [3.63, 3.8) is 0 Å². The van der Waals surface area contributed by atoms with Gasteiger partial charge in [0.1, 0.15) is 18.5 Å². The molecule has 1 aromatic rings. The zero-order valence-electron chi connectivity index (χ0n) is 9.10. The minimum absolute atomic E-state index is 0.195. The molecule has 0 radical (unpaired) electrons. The number of hydrogen-bond donors (Lipinski definition) is 0. The predicted molar refractivity (Wildman–Crippen MR) is 57.8 cm³/mol. The number of benzene rings is 1. The average Bonchev–Trinajstić information content (AvgIpc) is 2.27. The highest BCUT2D eigenvalue weighted by atomic mass is 16.6. The maximum atomic E-state index is 11.0. The monoisotopic (exact) mass is 208 g/mol. The molecule has 0 bridgehead atoms. The van der Waals surface area contributed by atoms with E-state index in [4.69, 9.17) is 9.47 Å². The van der Waals surface area contributed by atoms with Crippen molar-refractivity contribution in [1.29, 1.82) is 0 Å². The van der Waals surface area contributed by atoms with Crippen LogP contribution in [0.2, 0.25) is 0 Å². The van der Waals surface area contributed by atoms with Crippen LogP contribution < -0.4 is 4.74 Å². The van der Waals surface area contributed by atoms with Crippen molar-refractivity contribution in [1.82, 2.24) is 0 Å². The highest BCUT2D eigenvalue weighted by molar-refractivity contribution is 5.69. The molecule has 0 spiro atoms. The molecule has 0 saturated carbocycles. The van der Waals surface area contributed by atoms with Crippen molar-refractivity contribution in [3.8, 4) is 5.75 Å². The Bertz CT molecular complexity index is 295. The van der Waals surface area contributed by atoms with Crippen LogP contribution in [-0.4, -0.2) is 18.7 Å². The Hall–Kier alpha value is -1.51. The molecule has 82 valence electrons. The van der Waals surface area contributed by atoms with Crippen molar-refractivity contribution < 1.29 is 14.3 Å². The van der Waals surface area contributed by atoms with Crippen LogP contribution in [-0.2, 0) is 9.53 Å². The first-order valence-electron chi connectivity index (χ1n) is 5.09. The quantitative estimate of drug-likeness (QED) is 0.697. The lowest BCUT2D eigenvalue weighted by Gasteiger charge is -2.13. The molecule has 1 atom stereocenters. The van der Waals surface area contributed by atoms with Gasteiger partial charge < -0.3 is 9.47 Å². The Morgan fingerprint density at radius 2 is 2.00 bits per heavy atom. The van der Waals surface area contributed by atoms with Gasteiger partial charge in [0.25, 0.3) is 0 Å². The van der Waals surface area contributed by atoms with Crippen molar-refractivity contribution >= 4 is 5.97 Å². The van der Waals surface area contributed by atoms with Gasteiger partial charge in [-0.2, -0.15) is 0 Å². The van der Waals surface area contributed by atoms with Gasteiger partial charge in [0.2, 0.25) is 0 Å². The third-order valence-electron chi connectivity index (χ3n) is 1.85. The van der Waals surface area contributed by atoms with Crippen LogP contribution in [0, 0.1) is 0 Å². The van der Waals surface area contributed by atoms with Crippen LogP contribution in [0.25, 0.3) is 0 Å². The van der Waals surface area contributed by atoms with E-state index >= 15 is 0 Å². The van der Waals surface area contributed by atoms with Gasteiger partial charge in [0.15, 0.2) is 0 Å². The molecule has 0 heterocycles. The van der Waals surface area contributed by atoms with E-state index in [9.17, 15) is 4.79 Å². The first-order valence-corrected chi connectivity index (χ1v) is 5.09. The molecule has 0 fully saturated rings. The molecular formula is C12H16O3. The zero-order chi connectivity index (χ0) is 11.1. The number of carbonyl (C=O) groups is 1. The Labute approximate surface area is 90.0 Å². The lowest BCUT2D eigenvalue weighted by atomic mass is 10.3. The number of ether oxygens (including phenoxy) is 2. The molecule has 0 aliphatic heterocycles. The van der Waals surface area contributed by atoms with Gasteiger partial charge in [0.05, 0.1) is 0 Å². The second kappa shape index (κ2) is 6.06. The summed E-state index contributed by atoms with van der Waals surface area (Å²) in [5, 5.41) is 0. The molecular weight excluding hydrogens is 192 g/mol.